The smallest absolute Gasteiger partial charge is 0.173 e. The molecule has 0 fully saturated rings. The van der Waals surface area contributed by atoms with Crippen molar-refractivity contribution in [1.82, 2.24) is 5.01 Å². The van der Waals surface area contributed by atoms with Gasteiger partial charge in [0.05, 0.1) is 0 Å². The molecule has 0 radical (unpaired) electrons. The minimum atomic E-state index is 0.367. The molecule has 0 saturated carbocycles. The molecule has 0 aromatic heterocycles. The van der Waals surface area contributed by atoms with Crippen molar-refractivity contribution in [3.8, 4) is 0 Å². The van der Waals surface area contributed by atoms with Crippen molar-refractivity contribution in [3.63, 3.8) is 0 Å². The molecule has 0 saturated heterocycles. The summed E-state index contributed by atoms with van der Waals surface area (Å²) in [6, 6.07) is 0. The van der Waals surface area contributed by atoms with Gasteiger partial charge in [-0.05, 0) is 0 Å². The van der Waals surface area contributed by atoms with E-state index in [-0.39, 0.29) is 0 Å². The van der Waals surface area contributed by atoms with Gasteiger partial charge in [0.15, 0.2) is 5.84 Å². The predicted octanol–water partition coefficient (Wildman–Crippen LogP) is 1.31. The van der Waals surface area contributed by atoms with Gasteiger partial charge in [0.2, 0.25) is 0 Å². The first-order valence-corrected chi connectivity index (χ1v) is 3.37. The van der Waals surface area contributed by atoms with Gasteiger partial charge >= 0.3 is 0 Å². The van der Waals surface area contributed by atoms with Crippen molar-refractivity contribution >= 4 is 5.84 Å². The van der Waals surface area contributed by atoms with E-state index in [0.29, 0.717) is 12.6 Å². The highest BCUT2D eigenvalue weighted by Crippen LogP contribution is 2.05. The second kappa shape index (κ2) is 2.77. The number of hydrogen-bond acceptors (Lipinski definition) is 4. The molecule has 1 rings (SSSR count). The number of hydrazone groups is 1. The molecule has 4 nitrogen and oxygen atoms in total. The maximum atomic E-state index is 4.17. The first-order valence-electron chi connectivity index (χ1n) is 3.37. The summed E-state index contributed by atoms with van der Waals surface area (Å²) in [4.78, 5) is 0. The highest BCUT2D eigenvalue weighted by Gasteiger charge is 2.08. The lowest BCUT2D eigenvalue weighted by Crippen LogP contribution is -2.20. The zero-order valence-corrected chi connectivity index (χ0v) is 6.57. The largest absolute Gasteiger partial charge is 0.275 e. The van der Waals surface area contributed by atoms with Gasteiger partial charge in [-0.15, -0.1) is 5.11 Å². The number of amidine groups is 1. The van der Waals surface area contributed by atoms with Gasteiger partial charge in [0, 0.05) is 13.0 Å². The van der Waals surface area contributed by atoms with E-state index in [2.05, 4.69) is 29.2 Å². The van der Waals surface area contributed by atoms with E-state index in [1.165, 1.54) is 0 Å². The van der Waals surface area contributed by atoms with Crippen molar-refractivity contribution in [2.24, 2.45) is 21.2 Å². The van der Waals surface area contributed by atoms with Crippen molar-refractivity contribution in [1.29, 1.82) is 0 Å². The summed E-state index contributed by atoms with van der Waals surface area (Å²) in [6.45, 7) is 4.68. The third-order valence-electron chi connectivity index (χ3n) is 1.23. The Morgan fingerprint density at radius 2 is 2.20 bits per heavy atom. The van der Waals surface area contributed by atoms with E-state index in [9.17, 15) is 0 Å². The van der Waals surface area contributed by atoms with Gasteiger partial charge < -0.3 is 0 Å². The molecule has 0 N–H and O–H groups in total. The van der Waals surface area contributed by atoms with Crippen LogP contribution in [0.4, 0.5) is 0 Å². The highest BCUT2D eigenvalue weighted by molar-refractivity contribution is 5.84. The molecule has 0 aliphatic carbocycles. The molecule has 1 aliphatic heterocycles. The van der Waals surface area contributed by atoms with E-state index in [1.807, 2.05) is 7.05 Å². The van der Waals surface area contributed by atoms with Crippen LogP contribution in [0, 0.1) is 5.92 Å². The lowest BCUT2D eigenvalue weighted by molar-refractivity contribution is 0.345. The number of azo groups is 1. The summed E-state index contributed by atoms with van der Waals surface area (Å²) in [6.07, 6.45) is 0. The summed E-state index contributed by atoms with van der Waals surface area (Å²) in [5, 5.41) is 13.7. The van der Waals surface area contributed by atoms with E-state index >= 15 is 0 Å². The molecule has 56 valence electrons. The molecule has 1 heterocycles. The molecular weight excluding hydrogens is 128 g/mol. The van der Waals surface area contributed by atoms with Crippen LogP contribution in [-0.4, -0.2) is 24.6 Å². The van der Waals surface area contributed by atoms with E-state index in [4.69, 9.17) is 0 Å². The molecule has 4 heteroatoms. The van der Waals surface area contributed by atoms with Gasteiger partial charge in [-0.1, -0.05) is 13.8 Å². The zero-order chi connectivity index (χ0) is 7.56. The zero-order valence-electron chi connectivity index (χ0n) is 6.57. The predicted molar refractivity (Wildman–Crippen MR) is 39.8 cm³/mol. The van der Waals surface area contributed by atoms with Crippen LogP contribution in [0.25, 0.3) is 0 Å². The summed E-state index contributed by atoms with van der Waals surface area (Å²) in [5.41, 5.74) is 0. The van der Waals surface area contributed by atoms with E-state index in [0.717, 1.165) is 5.84 Å². The fraction of sp³-hybridized carbons (Fsp3) is 0.833. The molecule has 0 amide bonds. The van der Waals surface area contributed by atoms with Crippen LogP contribution < -0.4 is 0 Å². The van der Waals surface area contributed by atoms with Gasteiger partial charge in [-0.2, -0.15) is 10.2 Å². The number of rotatable bonds is 1. The Morgan fingerprint density at radius 3 is 2.60 bits per heavy atom. The monoisotopic (exact) mass is 140 g/mol. The third kappa shape index (κ3) is 1.52. The van der Waals surface area contributed by atoms with E-state index < -0.39 is 0 Å². The van der Waals surface area contributed by atoms with Gasteiger partial charge in [-0.3, -0.25) is 5.01 Å². The maximum absolute atomic E-state index is 4.17. The standard InChI is InChI=1S/C6H12N4/c1-5(2)6-8-7-4-10(3)9-6/h5H,4H2,1-3H3. The number of nitrogens with zero attached hydrogens (tertiary/aromatic N) is 4. The molecule has 10 heavy (non-hydrogen) atoms. The summed E-state index contributed by atoms with van der Waals surface area (Å²) in [7, 11) is 1.89. The minimum Gasteiger partial charge on any atom is -0.275 e. The second-order valence-electron chi connectivity index (χ2n) is 2.65. The SMILES string of the molecule is CC(C)C1=NN(C)CN=N1. The van der Waals surface area contributed by atoms with Gasteiger partial charge in [0.25, 0.3) is 0 Å². The van der Waals surface area contributed by atoms with Crippen LogP contribution in [0.5, 0.6) is 0 Å². The van der Waals surface area contributed by atoms with Crippen molar-refractivity contribution in [3.05, 3.63) is 0 Å². The lowest BCUT2D eigenvalue weighted by Gasteiger charge is -2.15. The quantitative estimate of drug-likeness (QED) is 0.541. The Hall–Kier alpha value is -0.930. The second-order valence-corrected chi connectivity index (χ2v) is 2.65. The third-order valence-corrected chi connectivity index (χ3v) is 1.23. The van der Waals surface area contributed by atoms with Crippen LogP contribution in [0.1, 0.15) is 13.8 Å². The Bertz CT molecular complexity index is 171. The fourth-order valence-electron chi connectivity index (χ4n) is 0.653. The van der Waals surface area contributed by atoms with Crippen LogP contribution in [0.15, 0.2) is 15.3 Å². The van der Waals surface area contributed by atoms with Gasteiger partial charge in [-0.25, -0.2) is 0 Å². The van der Waals surface area contributed by atoms with Crippen LogP contribution >= 0.6 is 0 Å². The molecule has 1 aliphatic rings. The van der Waals surface area contributed by atoms with E-state index in [1.54, 1.807) is 5.01 Å². The highest BCUT2D eigenvalue weighted by atomic mass is 15.5. The fourth-order valence-corrected chi connectivity index (χ4v) is 0.653. The summed E-state index contributed by atoms with van der Waals surface area (Å²) >= 11 is 0. The first-order chi connectivity index (χ1) is 4.70. The van der Waals surface area contributed by atoms with Crippen molar-refractivity contribution in [2.75, 3.05) is 13.7 Å². The number of hydrogen-bond donors (Lipinski definition) is 0. The Balaban J connectivity index is 2.66. The average molecular weight is 140 g/mol. The lowest BCUT2D eigenvalue weighted by atomic mass is 10.2. The Kier molecular flexibility index (Phi) is 1.99. The summed E-state index contributed by atoms with van der Waals surface area (Å²) < 4.78 is 0. The molecular formula is C6H12N4. The molecule has 0 aromatic rings. The topological polar surface area (TPSA) is 40.3 Å². The summed E-state index contributed by atoms with van der Waals surface area (Å²) in [5.74, 6) is 1.18. The van der Waals surface area contributed by atoms with Crippen LogP contribution in [0.2, 0.25) is 0 Å². The maximum Gasteiger partial charge on any atom is 0.173 e. The average Bonchev–Trinajstić information content (AvgIpc) is 1.88. The Morgan fingerprint density at radius 1 is 1.50 bits per heavy atom. The van der Waals surface area contributed by atoms with Crippen LogP contribution in [0.3, 0.4) is 0 Å². The van der Waals surface area contributed by atoms with Crippen LogP contribution in [-0.2, 0) is 0 Å². The minimum absolute atomic E-state index is 0.367. The molecule has 0 bridgehead atoms. The molecule has 0 atom stereocenters. The molecule has 0 unspecified atom stereocenters. The molecule has 0 aromatic carbocycles. The Labute approximate surface area is 60.6 Å². The molecule has 0 spiro atoms. The van der Waals surface area contributed by atoms with Gasteiger partial charge in [0.1, 0.15) is 6.67 Å². The normalized spacial score (nSPS) is 18.0. The van der Waals surface area contributed by atoms with Crippen molar-refractivity contribution in [2.45, 2.75) is 13.8 Å². The first kappa shape index (κ1) is 7.18. The van der Waals surface area contributed by atoms with Crippen molar-refractivity contribution < 1.29 is 0 Å².